The molecule has 0 aliphatic rings. The highest BCUT2D eigenvalue weighted by Gasteiger charge is 2.28. The highest BCUT2D eigenvalue weighted by Crippen LogP contribution is 2.45. The Morgan fingerprint density at radius 2 is 1.90 bits per heavy atom. The number of halogens is 3. The van der Waals surface area contributed by atoms with Gasteiger partial charge in [0.25, 0.3) is 0 Å². The van der Waals surface area contributed by atoms with Gasteiger partial charge in [-0.3, -0.25) is 4.79 Å². The number of hydrogen-bond donors (Lipinski definition) is 2. The van der Waals surface area contributed by atoms with E-state index in [0.29, 0.717) is 11.3 Å². The fourth-order valence-electron chi connectivity index (χ4n) is 4.66. The molecule has 1 amide bonds. The number of carbonyl (C=O) groups is 1. The second-order valence-corrected chi connectivity index (χ2v) is 9.26. The van der Waals surface area contributed by atoms with Gasteiger partial charge < -0.3 is 20.4 Å². The van der Waals surface area contributed by atoms with E-state index in [1.54, 1.807) is 26.1 Å². The summed E-state index contributed by atoms with van der Waals surface area (Å²) in [5.41, 5.74) is 7.47. The van der Waals surface area contributed by atoms with E-state index in [1.165, 1.54) is 29.1 Å². The lowest BCUT2D eigenvalue weighted by molar-refractivity contribution is -0.116. The first-order valence-electron chi connectivity index (χ1n) is 12.5. The molecule has 0 atom stereocenters. The largest absolute Gasteiger partial charge is 0.421 e. The second-order valence-electron chi connectivity index (χ2n) is 9.26. The van der Waals surface area contributed by atoms with Gasteiger partial charge in [-0.05, 0) is 42.8 Å². The average molecular weight is 570 g/mol. The van der Waals surface area contributed by atoms with Gasteiger partial charge in [-0.1, -0.05) is 12.6 Å². The number of anilines is 1. The lowest BCUT2D eigenvalue weighted by Crippen LogP contribution is -2.20. The van der Waals surface area contributed by atoms with Crippen LogP contribution < -0.4 is 15.8 Å². The molecule has 3 aromatic heterocycles. The number of nitrogens with two attached hydrogens (primary N) is 1. The number of rotatable bonds is 7. The van der Waals surface area contributed by atoms with Crippen LogP contribution in [0.1, 0.15) is 16.8 Å². The first kappa shape index (κ1) is 27.9. The van der Waals surface area contributed by atoms with Gasteiger partial charge in [0.2, 0.25) is 5.91 Å². The van der Waals surface area contributed by atoms with Crippen molar-refractivity contribution in [2.75, 3.05) is 5.73 Å². The van der Waals surface area contributed by atoms with Gasteiger partial charge in [-0.25, -0.2) is 28.1 Å². The van der Waals surface area contributed by atoms with Gasteiger partial charge >= 0.3 is 6.01 Å². The van der Waals surface area contributed by atoms with Crippen molar-refractivity contribution in [2.24, 2.45) is 7.05 Å². The number of benzene rings is 2. The number of carbonyl (C=O) groups excluding carboxylic acids is 1. The lowest BCUT2D eigenvalue weighted by atomic mass is 9.96. The van der Waals surface area contributed by atoms with E-state index in [0.717, 1.165) is 18.2 Å². The van der Waals surface area contributed by atoms with E-state index >= 15 is 13.2 Å². The number of hydrogen-bond acceptors (Lipinski definition) is 7. The number of ether oxygens (including phenoxy) is 1. The third-order valence-electron chi connectivity index (χ3n) is 6.56. The Morgan fingerprint density at radius 1 is 1.14 bits per heavy atom. The minimum absolute atomic E-state index is 0.0130. The van der Waals surface area contributed by atoms with Gasteiger partial charge in [0.1, 0.15) is 23.5 Å². The first-order chi connectivity index (χ1) is 20.1. The summed E-state index contributed by atoms with van der Waals surface area (Å²) < 4.78 is 53.9. The van der Waals surface area contributed by atoms with Crippen LogP contribution >= 0.6 is 0 Å². The molecule has 0 aliphatic carbocycles. The Labute approximate surface area is 237 Å². The minimum atomic E-state index is -0.948. The van der Waals surface area contributed by atoms with Crippen molar-refractivity contribution >= 4 is 22.6 Å². The number of nitrogens with one attached hydrogen (secondary N) is 1. The number of aromatic nitrogens is 4. The van der Waals surface area contributed by atoms with Crippen molar-refractivity contribution in [1.82, 2.24) is 24.8 Å². The summed E-state index contributed by atoms with van der Waals surface area (Å²) in [6, 6.07) is 9.42. The molecule has 0 aliphatic heterocycles. The second kappa shape index (κ2) is 11.1. The third kappa shape index (κ3) is 4.99. The van der Waals surface area contributed by atoms with Gasteiger partial charge in [-0.2, -0.15) is 5.26 Å². The molecular formula is C30H22F3N7O2. The highest BCUT2D eigenvalue weighted by atomic mass is 19.1. The Morgan fingerprint density at radius 3 is 2.60 bits per heavy atom. The molecule has 0 fully saturated rings. The molecule has 0 unspecified atom stereocenters. The van der Waals surface area contributed by atoms with Crippen LogP contribution in [0.15, 0.2) is 61.4 Å². The summed E-state index contributed by atoms with van der Waals surface area (Å²) in [4.78, 5) is 23.6. The van der Waals surface area contributed by atoms with Crippen molar-refractivity contribution in [3.8, 4) is 40.2 Å². The number of amides is 1. The number of nitriles is 1. The van der Waals surface area contributed by atoms with Gasteiger partial charge in [-0.15, -0.1) is 0 Å². The molecule has 0 saturated heterocycles. The zero-order chi connectivity index (χ0) is 30.1. The molecule has 5 aromatic rings. The topological polar surface area (TPSA) is 132 Å². The van der Waals surface area contributed by atoms with E-state index < -0.39 is 29.1 Å². The predicted molar refractivity (Wildman–Crippen MR) is 149 cm³/mol. The van der Waals surface area contributed by atoms with Crippen molar-refractivity contribution < 1.29 is 22.7 Å². The normalized spacial score (nSPS) is 10.9. The highest BCUT2D eigenvalue weighted by molar-refractivity contribution is 6.10. The SMILES string of the molecule is C=CC(=O)NCc1ccc(-c2c(-c3cc(F)c(Oc4nccc(C)n4)cc3F)c3c(N)ncc(C#N)c3n2C)c(F)c1. The summed E-state index contributed by atoms with van der Waals surface area (Å²) in [6.07, 6.45) is 3.76. The van der Waals surface area contributed by atoms with Gasteiger partial charge in [0, 0.05) is 54.4 Å². The van der Waals surface area contributed by atoms with E-state index in [2.05, 4.69) is 26.8 Å². The maximum absolute atomic E-state index is 15.9. The van der Waals surface area contributed by atoms with E-state index in [4.69, 9.17) is 10.5 Å². The van der Waals surface area contributed by atoms with E-state index in [1.807, 2.05) is 6.07 Å². The van der Waals surface area contributed by atoms with Gasteiger partial charge in [0.05, 0.1) is 22.2 Å². The van der Waals surface area contributed by atoms with Crippen LogP contribution in [0.3, 0.4) is 0 Å². The number of nitrogen functional groups attached to an aromatic ring is 1. The van der Waals surface area contributed by atoms with Crippen molar-refractivity contribution in [1.29, 1.82) is 5.26 Å². The summed E-state index contributed by atoms with van der Waals surface area (Å²) in [5.74, 6) is -3.55. The first-order valence-corrected chi connectivity index (χ1v) is 12.5. The van der Waals surface area contributed by atoms with Crippen LogP contribution in [0.25, 0.3) is 33.3 Å². The number of fused-ring (bicyclic) bond motifs is 1. The lowest BCUT2D eigenvalue weighted by Gasteiger charge is -2.13. The molecule has 9 nitrogen and oxygen atoms in total. The number of aryl methyl sites for hydroxylation is 2. The zero-order valence-electron chi connectivity index (χ0n) is 22.4. The molecule has 0 saturated carbocycles. The molecule has 12 heteroatoms. The maximum Gasteiger partial charge on any atom is 0.322 e. The molecule has 0 radical (unpaired) electrons. The molecule has 0 bridgehead atoms. The fourth-order valence-corrected chi connectivity index (χ4v) is 4.66. The van der Waals surface area contributed by atoms with Crippen molar-refractivity contribution in [3.05, 3.63) is 95.7 Å². The Bertz CT molecular complexity index is 1950. The van der Waals surface area contributed by atoms with Crippen LogP contribution in [-0.4, -0.2) is 25.4 Å². The third-order valence-corrected chi connectivity index (χ3v) is 6.56. The fraction of sp³-hybridized carbons (Fsp3) is 0.100. The summed E-state index contributed by atoms with van der Waals surface area (Å²) in [5, 5.41) is 12.5. The quantitative estimate of drug-likeness (QED) is 0.248. The molecule has 2 aromatic carbocycles. The van der Waals surface area contributed by atoms with Crippen LogP contribution in [0, 0.1) is 35.7 Å². The smallest absolute Gasteiger partial charge is 0.322 e. The number of pyridine rings is 1. The van der Waals surface area contributed by atoms with Crippen molar-refractivity contribution in [3.63, 3.8) is 0 Å². The van der Waals surface area contributed by atoms with Crippen LogP contribution in [0.5, 0.6) is 11.8 Å². The van der Waals surface area contributed by atoms with Crippen molar-refractivity contribution in [2.45, 2.75) is 13.5 Å². The average Bonchev–Trinajstić information content (AvgIpc) is 3.27. The molecule has 3 heterocycles. The molecule has 42 heavy (non-hydrogen) atoms. The molecular weight excluding hydrogens is 547 g/mol. The summed E-state index contributed by atoms with van der Waals surface area (Å²) >= 11 is 0. The zero-order valence-corrected chi connectivity index (χ0v) is 22.4. The van der Waals surface area contributed by atoms with Crippen LogP contribution in [0.4, 0.5) is 19.0 Å². The van der Waals surface area contributed by atoms with Crippen LogP contribution in [-0.2, 0) is 18.4 Å². The maximum atomic E-state index is 15.9. The molecule has 0 spiro atoms. The standard InChI is InChI=1S/C30H22F3N7O2/c1-4-24(41)37-13-16-5-6-18(20(31)9-16)28-25(26-27(40(28)3)17(12-34)14-38-29(26)35)19-10-22(33)23(11-21(19)32)42-30-36-8-7-15(2)39-30/h4-11,14H,1,13H2,2-3H3,(H2,35,38)(H,37,41). The van der Waals surface area contributed by atoms with Gasteiger partial charge in [0.15, 0.2) is 11.6 Å². The summed E-state index contributed by atoms with van der Waals surface area (Å²) in [6.45, 7) is 5.10. The molecule has 210 valence electrons. The number of nitrogens with zero attached hydrogens (tertiary/aromatic N) is 5. The van der Waals surface area contributed by atoms with Crippen LogP contribution in [0.2, 0.25) is 0 Å². The van der Waals surface area contributed by atoms with E-state index in [9.17, 15) is 10.1 Å². The minimum Gasteiger partial charge on any atom is -0.421 e. The predicted octanol–water partition coefficient (Wildman–Crippen LogP) is 5.47. The Hall–Kier alpha value is -5.70. The molecule has 3 N–H and O–H groups in total. The monoisotopic (exact) mass is 569 g/mol. The van der Waals surface area contributed by atoms with E-state index in [-0.39, 0.29) is 57.2 Å². The Balaban J connectivity index is 1.73. The Kier molecular flexibility index (Phi) is 7.33. The molecule has 5 rings (SSSR count). The summed E-state index contributed by atoms with van der Waals surface area (Å²) in [7, 11) is 1.56.